The maximum absolute atomic E-state index is 11.1. The van der Waals surface area contributed by atoms with Crippen LogP contribution < -0.4 is 10.6 Å². The van der Waals surface area contributed by atoms with Gasteiger partial charge in [0.05, 0.1) is 26.4 Å². The average molecular weight is 274 g/mol. The molecule has 0 unspecified atom stereocenters. The van der Waals surface area contributed by atoms with Crippen molar-refractivity contribution in [3.63, 3.8) is 0 Å². The Morgan fingerprint density at radius 3 is 2.32 bits per heavy atom. The molecule has 0 aliphatic rings. The zero-order valence-corrected chi connectivity index (χ0v) is 11.9. The molecule has 0 aliphatic carbocycles. The van der Waals surface area contributed by atoms with Gasteiger partial charge in [0.1, 0.15) is 6.29 Å². The average Bonchev–Trinajstić information content (AvgIpc) is 2.38. The van der Waals surface area contributed by atoms with Crippen LogP contribution in [0.2, 0.25) is 0 Å². The van der Waals surface area contributed by atoms with Gasteiger partial charge in [-0.25, -0.2) is 0 Å². The molecule has 1 amide bonds. The number of hydrogen-bond donors (Lipinski definition) is 2. The van der Waals surface area contributed by atoms with Crippen LogP contribution in [0.25, 0.3) is 0 Å². The first kappa shape index (κ1) is 18.0. The molecule has 112 valence electrons. The van der Waals surface area contributed by atoms with E-state index >= 15 is 0 Å². The molecule has 0 aromatic heterocycles. The predicted molar refractivity (Wildman–Crippen MR) is 73.1 cm³/mol. The number of rotatable bonds is 13. The third-order valence-electron chi connectivity index (χ3n) is 2.23. The van der Waals surface area contributed by atoms with E-state index in [1.165, 1.54) is 0 Å². The van der Waals surface area contributed by atoms with Gasteiger partial charge in [0.25, 0.3) is 0 Å². The van der Waals surface area contributed by atoms with Crippen molar-refractivity contribution in [3.8, 4) is 0 Å². The Morgan fingerprint density at radius 1 is 1.11 bits per heavy atom. The molecule has 0 aromatic carbocycles. The van der Waals surface area contributed by atoms with Crippen molar-refractivity contribution in [1.29, 1.82) is 0 Å². The first-order valence-electron chi connectivity index (χ1n) is 6.76. The summed E-state index contributed by atoms with van der Waals surface area (Å²) in [5, 5.41) is 5.92. The van der Waals surface area contributed by atoms with Crippen molar-refractivity contribution in [2.45, 2.75) is 32.7 Å². The van der Waals surface area contributed by atoms with Gasteiger partial charge in [0, 0.05) is 32.0 Å². The fraction of sp³-hybridized carbons (Fsp3) is 0.846. The summed E-state index contributed by atoms with van der Waals surface area (Å²) < 4.78 is 10.6. The summed E-state index contributed by atoms with van der Waals surface area (Å²) in [5.41, 5.74) is 0. The zero-order chi connectivity index (χ0) is 14.3. The van der Waals surface area contributed by atoms with Crippen LogP contribution in [-0.4, -0.2) is 57.8 Å². The minimum atomic E-state index is -0.119. The quantitative estimate of drug-likeness (QED) is 0.368. The van der Waals surface area contributed by atoms with Gasteiger partial charge in [-0.05, 0) is 0 Å². The van der Waals surface area contributed by atoms with Gasteiger partial charge in [0.15, 0.2) is 0 Å². The number of amides is 1. The molecular weight excluding hydrogens is 248 g/mol. The van der Waals surface area contributed by atoms with Crippen LogP contribution in [-0.2, 0) is 19.1 Å². The molecule has 6 heteroatoms. The smallest absolute Gasteiger partial charge is 0.220 e. The Balaban J connectivity index is 3.10. The number of ether oxygens (including phenoxy) is 2. The second-order valence-electron chi connectivity index (χ2n) is 4.39. The SMILES string of the molecule is CC(C)NCCOCCOCCNC(=O)CCC=O. The highest BCUT2D eigenvalue weighted by Crippen LogP contribution is 1.84. The second kappa shape index (κ2) is 13.5. The van der Waals surface area contributed by atoms with Crippen molar-refractivity contribution in [2.24, 2.45) is 0 Å². The molecule has 0 atom stereocenters. The molecule has 0 spiro atoms. The molecule has 0 saturated heterocycles. The molecule has 19 heavy (non-hydrogen) atoms. The van der Waals surface area contributed by atoms with Gasteiger partial charge < -0.3 is 24.9 Å². The van der Waals surface area contributed by atoms with Crippen molar-refractivity contribution in [2.75, 3.05) is 39.5 Å². The van der Waals surface area contributed by atoms with Gasteiger partial charge in [-0.15, -0.1) is 0 Å². The topological polar surface area (TPSA) is 76.7 Å². The van der Waals surface area contributed by atoms with Crippen molar-refractivity contribution in [1.82, 2.24) is 10.6 Å². The fourth-order valence-electron chi connectivity index (χ4n) is 1.28. The van der Waals surface area contributed by atoms with E-state index in [-0.39, 0.29) is 18.7 Å². The summed E-state index contributed by atoms with van der Waals surface area (Å²) in [4.78, 5) is 21.2. The lowest BCUT2D eigenvalue weighted by Crippen LogP contribution is -2.28. The third kappa shape index (κ3) is 15.0. The Morgan fingerprint density at radius 2 is 1.74 bits per heavy atom. The summed E-state index contributed by atoms with van der Waals surface area (Å²) in [6.07, 6.45) is 1.25. The van der Waals surface area contributed by atoms with Crippen LogP contribution in [0.4, 0.5) is 0 Å². The number of carbonyl (C=O) groups excluding carboxylic acids is 2. The molecule has 6 nitrogen and oxygen atoms in total. The minimum Gasteiger partial charge on any atom is -0.378 e. The van der Waals surface area contributed by atoms with Crippen molar-refractivity contribution in [3.05, 3.63) is 0 Å². The minimum absolute atomic E-state index is 0.119. The normalized spacial score (nSPS) is 10.7. The molecule has 2 N–H and O–H groups in total. The number of nitrogens with one attached hydrogen (secondary N) is 2. The summed E-state index contributed by atoms with van der Waals surface area (Å²) in [5.74, 6) is -0.119. The lowest BCUT2D eigenvalue weighted by Gasteiger charge is -2.09. The Bertz CT molecular complexity index is 235. The zero-order valence-electron chi connectivity index (χ0n) is 11.9. The van der Waals surface area contributed by atoms with Crippen molar-refractivity contribution >= 4 is 12.2 Å². The first-order chi connectivity index (χ1) is 9.16. The summed E-state index contributed by atoms with van der Waals surface area (Å²) >= 11 is 0. The highest BCUT2D eigenvalue weighted by Gasteiger charge is 1.99. The van der Waals surface area contributed by atoms with Crippen molar-refractivity contribution < 1.29 is 19.1 Å². The van der Waals surface area contributed by atoms with E-state index in [1.807, 2.05) is 0 Å². The second-order valence-corrected chi connectivity index (χ2v) is 4.39. The van der Waals surface area contributed by atoms with E-state index in [0.29, 0.717) is 39.0 Å². The molecular formula is C13H26N2O4. The molecule has 0 fully saturated rings. The van der Waals surface area contributed by atoms with Gasteiger partial charge in [-0.1, -0.05) is 13.8 Å². The molecule has 0 aliphatic heterocycles. The monoisotopic (exact) mass is 274 g/mol. The van der Waals surface area contributed by atoms with Gasteiger partial charge in [-0.2, -0.15) is 0 Å². The molecule has 0 rings (SSSR count). The van der Waals surface area contributed by atoms with E-state index in [9.17, 15) is 9.59 Å². The lowest BCUT2D eigenvalue weighted by atomic mass is 10.3. The molecule has 0 bridgehead atoms. The van der Waals surface area contributed by atoms with Crippen LogP contribution in [0.5, 0.6) is 0 Å². The fourth-order valence-corrected chi connectivity index (χ4v) is 1.28. The van der Waals surface area contributed by atoms with Crippen LogP contribution >= 0.6 is 0 Å². The Hall–Kier alpha value is -0.980. The van der Waals surface area contributed by atoms with E-state index in [1.54, 1.807) is 0 Å². The largest absolute Gasteiger partial charge is 0.378 e. The van der Waals surface area contributed by atoms with Crippen LogP contribution in [0.1, 0.15) is 26.7 Å². The van der Waals surface area contributed by atoms with Crippen LogP contribution in [0.3, 0.4) is 0 Å². The predicted octanol–water partition coefficient (Wildman–Crippen LogP) is 0.113. The summed E-state index contributed by atoms with van der Waals surface area (Å²) in [7, 11) is 0. The Kier molecular flexibility index (Phi) is 12.8. The molecule has 0 radical (unpaired) electrons. The number of carbonyl (C=O) groups is 2. The number of aldehydes is 1. The van der Waals surface area contributed by atoms with E-state index < -0.39 is 0 Å². The first-order valence-corrected chi connectivity index (χ1v) is 6.76. The third-order valence-corrected chi connectivity index (χ3v) is 2.23. The van der Waals surface area contributed by atoms with E-state index in [2.05, 4.69) is 24.5 Å². The molecule has 0 saturated carbocycles. The molecule has 0 aromatic rings. The van der Waals surface area contributed by atoms with Crippen LogP contribution in [0, 0.1) is 0 Å². The summed E-state index contributed by atoms with van der Waals surface area (Å²) in [6.45, 7) is 7.69. The van der Waals surface area contributed by atoms with Gasteiger partial charge >= 0.3 is 0 Å². The highest BCUT2D eigenvalue weighted by molar-refractivity contribution is 5.77. The standard InChI is InChI=1S/C13H26N2O4/c1-12(2)14-5-8-18-10-11-19-9-6-15-13(17)4-3-7-16/h7,12,14H,3-6,8-11H2,1-2H3,(H,15,17). The molecule has 0 heterocycles. The summed E-state index contributed by atoms with van der Waals surface area (Å²) in [6, 6.07) is 0.475. The Labute approximate surface area is 115 Å². The highest BCUT2D eigenvalue weighted by atomic mass is 16.5. The van der Waals surface area contributed by atoms with Gasteiger partial charge in [-0.3, -0.25) is 4.79 Å². The lowest BCUT2D eigenvalue weighted by molar-refractivity contribution is -0.122. The van der Waals surface area contributed by atoms with E-state index in [4.69, 9.17) is 9.47 Å². The maximum atomic E-state index is 11.1. The van der Waals surface area contributed by atoms with Crippen LogP contribution in [0.15, 0.2) is 0 Å². The number of hydrogen-bond acceptors (Lipinski definition) is 5. The van der Waals surface area contributed by atoms with E-state index in [0.717, 1.165) is 12.8 Å². The van der Waals surface area contributed by atoms with Gasteiger partial charge in [0.2, 0.25) is 5.91 Å². The maximum Gasteiger partial charge on any atom is 0.220 e.